The second-order valence-electron chi connectivity index (χ2n) is 6.28. The van der Waals surface area contributed by atoms with Gasteiger partial charge in [0.05, 0.1) is 22.5 Å². The van der Waals surface area contributed by atoms with Crippen molar-refractivity contribution in [3.8, 4) is 11.3 Å². The van der Waals surface area contributed by atoms with Crippen LogP contribution < -0.4 is 5.01 Å². The van der Waals surface area contributed by atoms with Gasteiger partial charge >= 0.3 is 5.97 Å². The molecule has 1 amide bonds. The molecule has 8 heteroatoms. The molecule has 2 aromatic carbocycles. The lowest BCUT2D eigenvalue weighted by Gasteiger charge is -2.07. The molecule has 144 valence electrons. The second-order valence-corrected chi connectivity index (χ2v) is 7.12. The minimum absolute atomic E-state index is 0.167. The van der Waals surface area contributed by atoms with Crippen molar-refractivity contribution < 1.29 is 19.1 Å². The maximum absolute atomic E-state index is 14.0. The van der Waals surface area contributed by atoms with Gasteiger partial charge < -0.3 is 5.11 Å². The van der Waals surface area contributed by atoms with Gasteiger partial charge in [-0.25, -0.2) is 14.2 Å². The molecule has 1 N–H and O–H groups in total. The number of amides is 1. The molecule has 0 saturated heterocycles. The Morgan fingerprint density at radius 2 is 1.90 bits per heavy atom. The van der Waals surface area contributed by atoms with Crippen molar-refractivity contribution in [1.29, 1.82) is 0 Å². The molecule has 0 atom stereocenters. The van der Waals surface area contributed by atoms with E-state index >= 15 is 0 Å². The molecule has 0 saturated carbocycles. The minimum atomic E-state index is -1.01. The molecule has 0 radical (unpaired) electrons. The summed E-state index contributed by atoms with van der Waals surface area (Å²) in [4.78, 5) is 28.2. The number of hydrogen-bond donors (Lipinski definition) is 1. The molecule has 1 aromatic heterocycles. The summed E-state index contributed by atoms with van der Waals surface area (Å²) in [5.41, 5.74) is 2.54. The number of carboxylic acids is 1. The maximum atomic E-state index is 14.0. The summed E-state index contributed by atoms with van der Waals surface area (Å²) >= 11 is 1.20. The summed E-state index contributed by atoms with van der Waals surface area (Å²) in [6.07, 6.45) is 1.65. The van der Waals surface area contributed by atoms with Crippen molar-refractivity contribution >= 4 is 40.1 Å². The summed E-state index contributed by atoms with van der Waals surface area (Å²) in [6.45, 7) is 1.71. The lowest BCUT2D eigenvalue weighted by atomic mass is 10.1. The van der Waals surface area contributed by atoms with Crippen molar-refractivity contribution in [2.24, 2.45) is 5.10 Å². The van der Waals surface area contributed by atoms with E-state index < -0.39 is 5.97 Å². The number of thiazole rings is 1. The van der Waals surface area contributed by atoms with Crippen molar-refractivity contribution in [2.45, 2.75) is 6.92 Å². The number of nitrogens with zero attached hydrogens (tertiary/aromatic N) is 3. The van der Waals surface area contributed by atoms with Crippen molar-refractivity contribution in [2.75, 3.05) is 5.01 Å². The van der Waals surface area contributed by atoms with Crippen molar-refractivity contribution in [3.05, 3.63) is 76.4 Å². The zero-order valence-electron chi connectivity index (χ0n) is 15.2. The van der Waals surface area contributed by atoms with E-state index in [0.29, 0.717) is 33.2 Å². The van der Waals surface area contributed by atoms with Gasteiger partial charge in [-0.05, 0) is 42.8 Å². The smallest absolute Gasteiger partial charge is 0.335 e. The van der Waals surface area contributed by atoms with E-state index in [-0.39, 0.29) is 17.3 Å². The first-order chi connectivity index (χ1) is 13.9. The summed E-state index contributed by atoms with van der Waals surface area (Å²) < 4.78 is 14.0. The number of hydrazone groups is 1. The normalized spacial score (nSPS) is 15.1. The van der Waals surface area contributed by atoms with Crippen LogP contribution in [-0.4, -0.2) is 27.7 Å². The topological polar surface area (TPSA) is 82.9 Å². The van der Waals surface area contributed by atoms with Crippen LogP contribution in [0, 0.1) is 5.82 Å². The van der Waals surface area contributed by atoms with Gasteiger partial charge in [0.15, 0.2) is 0 Å². The average molecular weight is 407 g/mol. The van der Waals surface area contributed by atoms with Crippen molar-refractivity contribution in [1.82, 2.24) is 4.98 Å². The Labute approximate surface area is 169 Å². The van der Waals surface area contributed by atoms with E-state index in [4.69, 9.17) is 5.11 Å². The standard InChI is InChI=1S/C21H14FN3O3S/c1-12-16(10-13-6-8-14(9-7-13)20(27)28)19(26)25(24-12)21-23-18(11-29-21)15-4-2-3-5-17(15)22/h2-11H,1H3,(H,27,28)/b16-10+. The largest absolute Gasteiger partial charge is 0.478 e. The number of carbonyl (C=O) groups is 2. The summed E-state index contributed by atoms with van der Waals surface area (Å²) in [6, 6.07) is 12.5. The molecule has 0 aliphatic carbocycles. The molecule has 29 heavy (non-hydrogen) atoms. The summed E-state index contributed by atoms with van der Waals surface area (Å²) in [5, 5.41) is 16.5. The molecular weight excluding hydrogens is 393 g/mol. The predicted octanol–water partition coefficient (Wildman–Crippen LogP) is 4.45. The fourth-order valence-corrected chi connectivity index (χ4v) is 3.63. The van der Waals surface area contributed by atoms with E-state index in [0.717, 1.165) is 0 Å². The minimum Gasteiger partial charge on any atom is -0.478 e. The van der Waals surface area contributed by atoms with Crippen LogP contribution in [0.3, 0.4) is 0 Å². The fourth-order valence-electron chi connectivity index (χ4n) is 2.86. The zero-order valence-corrected chi connectivity index (χ0v) is 16.0. The van der Waals surface area contributed by atoms with Gasteiger partial charge in [0, 0.05) is 10.9 Å². The van der Waals surface area contributed by atoms with Crippen LogP contribution in [0.4, 0.5) is 9.52 Å². The molecule has 1 aliphatic rings. The quantitative estimate of drug-likeness (QED) is 0.648. The molecular formula is C21H14FN3O3S. The first-order valence-corrected chi connectivity index (χ1v) is 9.47. The van der Waals surface area contributed by atoms with E-state index in [1.165, 1.54) is 34.5 Å². The third kappa shape index (κ3) is 3.57. The third-order valence-electron chi connectivity index (χ3n) is 4.35. The van der Waals surface area contributed by atoms with Gasteiger partial charge in [-0.2, -0.15) is 10.1 Å². The Bertz CT molecular complexity index is 1180. The lowest BCUT2D eigenvalue weighted by molar-refractivity contribution is -0.114. The third-order valence-corrected chi connectivity index (χ3v) is 5.17. The maximum Gasteiger partial charge on any atom is 0.335 e. The Hall–Kier alpha value is -3.65. The van der Waals surface area contributed by atoms with Crippen LogP contribution in [0.5, 0.6) is 0 Å². The molecule has 1 aliphatic heterocycles. The van der Waals surface area contributed by atoms with Gasteiger partial charge in [-0.3, -0.25) is 4.79 Å². The number of benzene rings is 2. The van der Waals surface area contributed by atoms with Gasteiger partial charge in [0.25, 0.3) is 5.91 Å². The highest BCUT2D eigenvalue weighted by atomic mass is 32.1. The molecule has 0 spiro atoms. The highest BCUT2D eigenvalue weighted by Crippen LogP contribution is 2.32. The fraction of sp³-hybridized carbons (Fsp3) is 0.0476. The van der Waals surface area contributed by atoms with Crippen LogP contribution in [0.25, 0.3) is 17.3 Å². The van der Waals surface area contributed by atoms with E-state index in [9.17, 15) is 14.0 Å². The number of aromatic nitrogens is 1. The number of rotatable bonds is 4. The van der Waals surface area contributed by atoms with Crippen LogP contribution in [0.1, 0.15) is 22.8 Å². The Morgan fingerprint density at radius 3 is 2.59 bits per heavy atom. The number of carboxylic acid groups (broad SMARTS) is 1. The van der Waals surface area contributed by atoms with E-state index in [1.807, 2.05) is 0 Å². The SMILES string of the molecule is CC1=NN(c2nc(-c3ccccc3F)cs2)C(=O)/C1=C/c1ccc(C(=O)O)cc1. The second kappa shape index (κ2) is 7.40. The van der Waals surface area contributed by atoms with Crippen molar-refractivity contribution in [3.63, 3.8) is 0 Å². The molecule has 0 unspecified atom stereocenters. The van der Waals surface area contributed by atoms with Gasteiger partial charge in [0.2, 0.25) is 5.13 Å². The highest BCUT2D eigenvalue weighted by molar-refractivity contribution is 7.14. The first-order valence-electron chi connectivity index (χ1n) is 8.59. The lowest BCUT2D eigenvalue weighted by Crippen LogP contribution is -2.21. The highest BCUT2D eigenvalue weighted by Gasteiger charge is 2.31. The molecule has 0 bridgehead atoms. The molecule has 2 heterocycles. The zero-order chi connectivity index (χ0) is 20.5. The Balaban J connectivity index is 1.61. The van der Waals surface area contributed by atoms with Gasteiger partial charge in [0.1, 0.15) is 5.82 Å². The Kier molecular flexibility index (Phi) is 4.77. The van der Waals surface area contributed by atoms with E-state index in [1.54, 1.807) is 48.7 Å². The summed E-state index contributed by atoms with van der Waals surface area (Å²) in [7, 11) is 0. The van der Waals surface area contributed by atoms with Gasteiger partial charge in [-0.15, -0.1) is 11.3 Å². The van der Waals surface area contributed by atoms with E-state index in [2.05, 4.69) is 10.1 Å². The number of halogens is 1. The average Bonchev–Trinajstić information content (AvgIpc) is 3.29. The van der Waals surface area contributed by atoms with Gasteiger partial charge in [-0.1, -0.05) is 24.3 Å². The van der Waals surface area contributed by atoms with Crippen LogP contribution >= 0.6 is 11.3 Å². The molecule has 3 aromatic rings. The molecule has 6 nitrogen and oxygen atoms in total. The summed E-state index contributed by atoms with van der Waals surface area (Å²) in [5.74, 6) is -1.75. The number of aromatic carboxylic acids is 1. The first kappa shape index (κ1) is 18.7. The van der Waals surface area contributed by atoms with Crippen LogP contribution in [0.2, 0.25) is 0 Å². The predicted molar refractivity (Wildman–Crippen MR) is 109 cm³/mol. The van der Waals surface area contributed by atoms with Crippen LogP contribution in [-0.2, 0) is 4.79 Å². The molecule has 0 fully saturated rings. The number of carbonyl (C=O) groups excluding carboxylic acids is 1. The number of anilines is 1. The number of hydrogen-bond acceptors (Lipinski definition) is 5. The molecule has 4 rings (SSSR count). The van der Waals surface area contributed by atoms with Crippen LogP contribution in [0.15, 0.2) is 64.6 Å². The Morgan fingerprint density at radius 1 is 1.17 bits per heavy atom. The monoisotopic (exact) mass is 407 g/mol.